The number of carbonyl (C=O) groups is 2. The highest BCUT2D eigenvalue weighted by atomic mass is 32.1. The molecule has 164 valence electrons. The number of carbonyl (C=O) groups excluding carboxylic acids is 2. The maximum absolute atomic E-state index is 13.9. The molecule has 0 radical (unpaired) electrons. The molecule has 2 amide bonds. The number of aromatic nitrogens is 1. The van der Waals surface area contributed by atoms with Gasteiger partial charge in [-0.15, -0.1) is 11.3 Å². The van der Waals surface area contributed by atoms with Crippen LogP contribution in [0.1, 0.15) is 18.4 Å². The highest BCUT2D eigenvalue weighted by Crippen LogP contribution is 2.28. The Morgan fingerprint density at radius 2 is 1.84 bits per heavy atom. The average molecular weight is 454 g/mol. The standard InChI is InChI=1S/C24H21F2N3O2S/c25-18-7-8-20(26)19(14-18)21-15-32-24(27-21)28-23(31)17-10-12-29(13-11-17)22(30)9-6-16-4-2-1-3-5-16/h1-9,14-15,17H,10-13H2,(H,27,28,31)/b9-6+. The molecule has 1 aliphatic heterocycles. The minimum atomic E-state index is -0.576. The highest BCUT2D eigenvalue weighted by Gasteiger charge is 2.27. The molecule has 0 spiro atoms. The Balaban J connectivity index is 1.30. The summed E-state index contributed by atoms with van der Waals surface area (Å²) in [6, 6.07) is 12.8. The fourth-order valence-corrected chi connectivity index (χ4v) is 4.27. The first-order chi connectivity index (χ1) is 15.5. The molecule has 2 aromatic carbocycles. The van der Waals surface area contributed by atoms with Crippen LogP contribution in [0.5, 0.6) is 0 Å². The van der Waals surface area contributed by atoms with Gasteiger partial charge in [0.15, 0.2) is 5.13 Å². The van der Waals surface area contributed by atoms with E-state index in [1.807, 2.05) is 30.3 Å². The number of nitrogens with zero attached hydrogens (tertiary/aromatic N) is 2. The van der Waals surface area contributed by atoms with E-state index in [1.165, 1.54) is 0 Å². The van der Waals surface area contributed by atoms with Crippen LogP contribution in [0.2, 0.25) is 0 Å². The smallest absolute Gasteiger partial charge is 0.246 e. The van der Waals surface area contributed by atoms with Gasteiger partial charge in [-0.25, -0.2) is 13.8 Å². The van der Waals surface area contributed by atoms with E-state index in [0.29, 0.717) is 31.1 Å². The molecule has 1 fully saturated rings. The van der Waals surface area contributed by atoms with Gasteiger partial charge in [0, 0.05) is 36.0 Å². The number of hydrogen-bond acceptors (Lipinski definition) is 4. The number of anilines is 1. The van der Waals surface area contributed by atoms with Crippen LogP contribution in [0.25, 0.3) is 17.3 Å². The maximum atomic E-state index is 13.9. The normalized spacial score (nSPS) is 14.6. The zero-order valence-electron chi connectivity index (χ0n) is 17.1. The number of rotatable bonds is 5. The van der Waals surface area contributed by atoms with Crippen LogP contribution in [-0.4, -0.2) is 34.8 Å². The van der Waals surface area contributed by atoms with E-state index in [2.05, 4.69) is 10.3 Å². The van der Waals surface area contributed by atoms with E-state index >= 15 is 0 Å². The molecule has 2 heterocycles. The van der Waals surface area contributed by atoms with Crippen LogP contribution in [-0.2, 0) is 9.59 Å². The van der Waals surface area contributed by atoms with Crippen molar-refractivity contribution >= 4 is 34.4 Å². The lowest BCUT2D eigenvalue weighted by molar-refractivity contribution is -0.130. The molecule has 8 heteroatoms. The van der Waals surface area contributed by atoms with Crippen molar-refractivity contribution in [2.45, 2.75) is 12.8 Å². The monoisotopic (exact) mass is 453 g/mol. The predicted octanol–water partition coefficient (Wildman–Crippen LogP) is 4.98. The molecule has 0 unspecified atom stereocenters. The molecule has 5 nitrogen and oxygen atoms in total. The Kier molecular flexibility index (Phi) is 6.70. The summed E-state index contributed by atoms with van der Waals surface area (Å²) in [7, 11) is 0. The second-order valence-corrected chi connectivity index (χ2v) is 8.35. The van der Waals surface area contributed by atoms with Crippen molar-refractivity contribution in [1.82, 2.24) is 9.88 Å². The van der Waals surface area contributed by atoms with Gasteiger partial charge in [0.25, 0.3) is 0 Å². The van der Waals surface area contributed by atoms with Gasteiger partial charge in [0.2, 0.25) is 11.8 Å². The van der Waals surface area contributed by atoms with Crippen molar-refractivity contribution in [3.8, 4) is 11.3 Å². The Morgan fingerprint density at radius 3 is 2.59 bits per heavy atom. The molecule has 32 heavy (non-hydrogen) atoms. The molecule has 1 aliphatic rings. The minimum absolute atomic E-state index is 0.0529. The molecule has 4 rings (SSSR count). The summed E-state index contributed by atoms with van der Waals surface area (Å²) in [5, 5.41) is 4.67. The van der Waals surface area contributed by atoms with Gasteiger partial charge < -0.3 is 10.2 Å². The Morgan fingerprint density at radius 1 is 1.09 bits per heavy atom. The van der Waals surface area contributed by atoms with Gasteiger partial charge in [-0.05, 0) is 42.7 Å². The van der Waals surface area contributed by atoms with Crippen molar-refractivity contribution in [2.24, 2.45) is 5.92 Å². The number of benzene rings is 2. The number of hydrogen-bond donors (Lipinski definition) is 1. The summed E-state index contributed by atoms with van der Waals surface area (Å²) in [4.78, 5) is 31.0. The molecular formula is C24H21F2N3O2S. The van der Waals surface area contributed by atoms with Crippen molar-refractivity contribution < 1.29 is 18.4 Å². The molecule has 0 atom stereocenters. The lowest BCUT2D eigenvalue weighted by Crippen LogP contribution is -2.40. The van der Waals surface area contributed by atoms with Gasteiger partial charge in [-0.2, -0.15) is 0 Å². The summed E-state index contributed by atoms with van der Waals surface area (Å²) in [5.74, 6) is -1.63. The van der Waals surface area contributed by atoms with E-state index in [9.17, 15) is 18.4 Å². The molecule has 3 aromatic rings. The number of piperidine rings is 1. The van der Waals surface area contributed by atoms with Crippen molar-refractivity contribution in [2.75, 3.05) is 18.4 Å². The van der Waals surface area contributed by atoms with Crippen molar-refractivity contribution in [3.63, 3.8) is 0 Å². The summed E-state index contributed by atoms with van der Waals surface area (Å²) in [6.45, 7) is 0.987. The predicted molar refractivity (Wildman–Crippen MR) is 121 cm³/mol. The summed E-state index contributed by atoms with van der Waals surface area (Å²) in [6.07, 6.45) is 4.43. The van der Waals surface area contributed by atoms with Gasteiger partial charge in [-0.3, -0.25) is 9.59 Å². The minimum Gasteiger partial charge on any atom is -0.339 e. The first-order valence-electron chi connectivity index (χ1n) is 10.2. The van der Waals surface area contributed by atoms with E-state index in [0.717, 1.165) is 35.1 Å². The third-order valence-electron chi connectivity index (χ3n) is 5.33. The molecule has 0 bridgehead atoms. The van der Waals surface area contributed by atoms with Crippen molar-refractivity contribution in [3.05, 3.63) is 77.2 Å². The molecule has 0 saturated carbocycles. The Hall–Kier alpha value is -3.39. The van der Waals surface area contributed by atoms with Crippen LogP contribution in [0.15, 0.2) is 60.0 Å². The topological polar surface area (TPSA) is 62.3 Å². The first-order valence-corrected chi connectivity index (χ1v) is 11.1. The van der Waals surface area contributed by atoms with E-state index in [4.69, 9.17) is 0 Å². The number of nitrogens with one attached hydrogen (secondary N) is 1. The van der Waals surface area contributed by atoms with E-state index in [1.54, 1.807) is 22.4 Å². The second kappa shape index (κ2) is 9.82. The molecular weight excluding hydrogens is 432 g/mol. The molecule has 0 aliphatic carbocycles. The Bertz CT molecular complexity index is 1140. The number of amides is 2. The number of halogens is 2. The summed E-state index contributed by atoms with van der Waals surface area (Å²) >= 11 is 1.16. The van der Waals surface area contributed by atoms with Crippen LogP contribution in [0.3, 0.4) is 0 Å². The van der Waals surface area contributed by atoms with Crippen molar-refractivity contribution in [1.29, 1.82) is 0 Å². The molecule has 1 saturated heterocycles. The second-order valence-electron chi connectivity index (χ2n) is 7.49. The fraction of sp³-hybridized carbons (Fsp3) is 0.208. The Labute approximate surface area is 188 Å². The van der Waals surface area contributed by atoms with Crippen LogP contribution >= 0.6 is 11.3 Å². The van der Waals surface area contributed by atoms with Gasteiger partial charge >= 0.3 is 0 Å². The number of likely N-dealkylation sites (tertiary alicyclic amines) is 1. The van der Waals surface area contributed by atoms with Gasteiger partial charge in [0.1, 0.15) is 11.6 Å². The SMILES string of the molecule is O=C(Nc1nc(-c2cc(F)ccc2F)cs1)C1CCN(C(=O)/C=C/c2ccccc2)CC1. The zero-order chi connectivity index (χ0) is 22.5. The average Bonchev–Trinajstić information content (AvgIpc) is 3.28. The molecule has 1 N–H and O–H groups in total. The van der Waals surface area contributed by atoms with E-state index in [-0.39, 0.29) is 29.0 Å². The largest absolute Gasteiger partial charge is 0.339 e. The van der Waals surface area contributed by atoms with Gasteiger partial charge in [-0.1, -0.05) is 30.3 Å². The summed E-state index contributed by atoms with van der Waals surface area (Å²) in [5.41, 5.74) is 1.28. The third-order valence-corrected chi connectivity index (χ3v) is 6.09. The van der Waals surface area contributed by atoms with Crippen LogP contribution in [0.4, 0.5) is 13.9 Å². The van der Waals surface area contributed by atoms with Gasteiger partial charge in [0.05, 0.1) is 5.69 Å². The first kappa shape index (κ1) is 21.8. The molecule has 1 aromatic heterocycles. The zero-order valence-corrected chi connectivity index (χ0v) is 17.9. The lowest BCUT2D eigenvalue weighted by atomic mass is 9.96. The van der Waals surface area contributed by atoms with Crippen LogP contribution in [0, 0.1) is 17.6 Å². The van der Waals surface area contributed by atoms with Crippen LogP contribution < -0.4 is 5.32 Å². The highest BCUT2D eigenvalue weighted by molar-refractivity contribution is 7.14. The van der Waals surface area contributed by atoms with E-state index < -0.39 is 11.6 Å². The summed E-state index contributed by atoms with van der Waals surface area (Å²) < 4.78 is 27.4. The number of thiazole rings is 1. The quantitative estimate of drug-likeness (QED) is 0.555. The maximum Gasteiger partial charge on any atom is 0.246 e. The third kappa shape index (κ3) is 5.26. The fourth-order valence-electron chi connectivity index (χ4n) is 3.56. The lowest BCUT2D eigenvalue weighted by Gasteiger charge is -2.30.